The van der Waals surface area contributed by atoms with Crippen LogP contribution >= 0.6 is 11.6 Å². The molecule has 1 spiro atoms. The molecule has 3 aromatic carbocycles. The molecular weight excluding hydrogens is 493 g/mol. The largest absolute Gasteiger partial charge is 0.340 e. The molecule has 1 atom stereocenters. The minimum Gasteiger partial charge on any atom is -0.340 e. The number of para-hydroxylation sites is 1. The summed E-state index contributed by atoms with van der Waals surface area (Å²) in [7, 11) is 1.88. The standard InChI is InChI=1S/C29H27ClFN3O3/c1-33-26(35)7-4-14-29(33)15-16-34(25-6-3-2-5-20(25)18-29)28(37)19-8-11-22(12-9-19)32-27(36)23-17-21(31)10-13-24(23)30/h2-3,5-6,8-13,17H,4,7,14-16,18H2,1H3,(H,32,36). The summed E-state index contributed by atoms with van der Waals surface area (Å²) in [6.45, 7) is 0.490. The van der Waals surface area contributed by atoms with Crippen LogP contribution < -0.4 is 10.2 Å². The van der Waals surface area contributed by atoms with Gasteiger partial charge < -0.3 is 15.1 Å². The number of rotatable bonds is 3. The molecule has 0 aromatic heterocycles. The van der Waals surface area contributed by atoms with Crippen LogP contribution in [-0.4, -0.2) is 41.8 Å². The van der Waals surface area contributed by atoms with Gasteiger partial charge in [0.15, 0.2) is 0 Å². The molecular formula is C29H27ClFN3O3. The summed E-state index contributed by atoms with van der Waals surface area (Å²) in [5.74, 6) is -1.10. The predicted octanol–water partition coefficient (Wildman–Crippen LogP) is 5.71. The van der Waals surface area contributed by atoms with Gasteiger partial charge in [-0.25, -0.2) is 4.39 Å². The van der Waals surface area contributed by atoms with E-state index in [0.717, 1.165) is 30.2 Å². The van der Waals surface area contributed by atoms with Gasteiger partial charge in [0.2, 0.25) is 5.91 Å². The molecule has 0 bridgehead atoms. The Morgan fingerprint density at radius 3 is 2.57 bits per heavy atom. The first-order chi connectivity index (χ1) is 17.8. The van der Waals surface area contributed by atoms with Crippen molar-refractivity contribution < 1.29 is 18.8 Å². The Balaban J connectivity index is 1.37. The van der Waals surface area contributed by atoms with Crippen molar-refractivity contribution in [1.82, 2.24) is 4.90 Å². The lowest BCUT2D eigenvalue weighted by Crippen LogP contribution is -2.54. The quantitative estimate of drug-likeness (QED) is 0.482. The van der Waals surface area contributed by atoms with Gasteiger partial charge >= 0.3 is 0 Å². The van der Waals surface area contributed by atoms with Crippen molar-refractivity contribution in [2.45, 2.75) is 37.6 Å². The number of fused-ring (bicyclic) bond motifs is 1. The SMILES string of the molecule is CN1C(=O)CCCC12CCN(C(=O)c1ccc(NC(=O)c3cc(F)ccc3Cl)cc1)c1ccccc1C2. The molecule has 1 N–H and O–H groups in total. The molecule has 2 heterocycles. The first-order valence-electron chi connectivity index (χ1n) is 12.3. The monoisotopic (exact) mass is 519 g/mol. The molecule has 0 aliphatic carbocycles. The fourth-order valence-electron chi connectivity index (χ4n) is 5.41. The number of hydrogen-bond donors (Lipinski definition) is 1. The summed E-state index contributed by atoms with van der Waals surface area (Å²) in [5, 5.41) is 2.84. The van der Waals surface area contributed by atoms with Gasteiger partial charge in [-0.2, -0.15) is 0 Å². The highest BCUT2D eigenvalue weighted by Gasteiger charge is 2.43. The van der Waals surface area contributed by atoms with Gasteiger partial charge in [-0.1, -0.05) is 29.8 Å². The van der Waals surface area contributed by atoms with E-state index < -0.39 is 11.7 Å². The highest BCUT2D eigenvalue weighted by Crippen LogP contribution is 2.40. The van der Waals surface area contributed by atoms with Gasteiger partial charge in [-0.3, -0.25) is 14.4 Å². The maximum Gasteiger partial charge on any atom is 0.258 e. The fourth-order valence-corrected chi connectivity index (χ4v) is 5.61. The van der Waals surface area contributed by atoms with E-state index in [-0.39, 0.29) is 27.9 Å². The zero-order chi connectivity index (χ0) is 26.2. The van der Waals surface area contributed by atoms with Crippen LogP contribution in [0.2, 0.25) is 5.02 Å². The summed E-state index contributed by atoms with van der Waals surface area (Å²) in [4.78, 5) is 42.5. The molecule has 3 aromatic rings. The zero-order valence-electron chi connectivity index (χ0n) is 20.5. The average molecular weight is 520 g/mol. The molecule has 1 fully saturated rings. The van der Waals surface area contributed by atoms with Gasteiger partial charge in [0.05, 0.1) is 10.6 Å². The number of anilines is 2. The number of nitrogens with zero attached hydrogens (tertiary/aromatic N) is 2. The molecule has 3 amide bonds. The fraction of sp³-hybridized carbons (Fsp3) is 0.276. The number of hydrogen-bond acceptors (Lipinski definition) is 3. The Hall–Kier alpha value is -3.71. The van der Waals surface area contributed by atoms with E-state index in [9.17, 15) is 18.8 Å². The van der Waals surface area contributed by atoms with Gasteiger partial charge in [-0.15, -0.1) is 0 Å². The number of carbonyl (C=O) groups is 3. The maximum atomic E-state index is 13.7. The number of likely N-dealkylation sites (tertiary alicyclic amines) is 1. The second-order valence-electron chi connectivity index (χ2n) is 9.70. The van der Waals surface area contributed by atoms with Crippen LogP contribution in [0.25, 0.3) is 0 Å². The molecule has 0 radical (unpaired) electrons. The molecule has 1 unspecified atom stereocenters. The summed E-state index contributed by atoms with van der Waals surface area (Å²) >= 11 is 6.04. The third kappa shape index (κ3) is 4.83. The van der Waals surface area contributed by atoms with Crippen molar-refractivity contribution in [2.75, 3.05) is 23.8 Å². The smallest absolute Gasteiger partial charge is 0.258 e. The van der Waals surface area contributed by atoms with Crippen LogP contribution in [0.1, 0.15) is 52.0 Å². The highest BCUT2D eigenvalue weighted by molar-refractivity contribution is 6.34. The van der Waals surface area contributed by atoms with Crippen LogP contribution in [-0.2, 0) is 11.2 Å². The van der Waals surface area contributed by atoms with Crippen molar-refractivity contribution in [3.05, 3.63) is 94.3 Å². The topological polar surface area (TPSA) is 69.7 Å². The molecule has 1 saturated heterocycles. The van der Waals surface area contributed by atoms with Crippen LogP contribution in [0.15, 0.2) is 66.7 Å². The number of piperidine rings is 1. The lowest BCUT2D eigenvalue weighted by atomic mass is 9.79. The van der Waals surface area contributed by atoms with Crippen LogP contribution in [0.3, 0.4) is 0 Å². The molecule has 5 rings (SSSR count). The van der Waals surface area contributed by atoms with Crippen molar-refractivity contribution in [1.29, 1.82) is 0 Å². The van der Waals surface area contributed by atoms with Gasteiger partial charge in [0.25, 0.3) is 11.8 Å². The molecule has 8 heteroatoms. The summed E-state index contributed by atoms with van der Waals surface area (Å²) < 4.78 is 13.6. The second-order valence-corrected chi connectivity index (χ2v) is 10.1. The van der Waals surface area contributed by atoms with Crippen molar-refractivity contribution >= 4 is 40.7 Å². The third-order valence-electron chi connectivity index (χ3n) is 7.53. The molecule has 6 nitrogen and oxygen atoms in total. The first-order valence-corrected chi connectivity index (χ1v) is 12.7. The third-order valence-corrected chi connectivity index (χ3v) is 7.86. The Bertz CT molecular complexity index is 1380. The molecule has 0 saturated carbocycles. The van der Waals surface area contributed by atoms with Crippen molar-refractivity contribution in [3.8, 4) is 0 Å². The van der Waals surface area contributed by atoms with Gasteiger partial charge in [-0.05, 0) is 79.8 Å². The van der Waals surface area contributed by atoms with E-state index in [2.05, 4.69) is 5.32 Å². The Kier molecular flexibility index (Phi) is 6.73. The average Bonchev–Trinajstić information content (AvgIpc) is 3.06. The predicted molar refractivity (Wildman–Crippen MR) is 142 cm³/mol. The summed E-state index contributed by atoms with van der Waals surface area (Å²) in [5.41, 5.74) is 2.56. The maximum absolute atomic E-state index is 13.7. The van der Waals surface area contributed by atoms with E-state index in [1.54, 1.807) is 29.2 Å². The Labute approximate surface area is 220 Å². The lowest BCUT2D eigenvalue weighted by Gasteiger charge is -2.45. The Morgan fingerprint density at radius 1 is 1.03 bits per heavy atom. The van der Waals surface area contributed by atoms with Crippen LogP contribution in [0, 0.1) is 5.82 Å². The number of nitrogens with one attached hydrogen (secondary N) is 1. The number of amides is 3. The molecule has 190 valence electrons. The number of benzene rings is 3. The van der Waals surface area contributed by atoms with Crippen LogP contribution in [0.4, 0.5) is 15.8 Å². The van der Waals surface area contributed by atoms with E-state index in [4.69, 9.17) is 11.6 Å². The summed E-state index contributed by atoms with van der Waals surface area (Å²) in [6.07, 6.45) is 3.74. The molecule has 2 aliphatic rings. The van der Waals surface area contributed by atoms with E-state index in [0.29, 0.717) is 37.1 Å². The second kappa shape index (κ2) is 9.98. The van der Waals surface area contributed by atoms with E-state index in [1.165, 1.54) is 12.1 Å². The minimum atomic E-state index is -0.557. The Morgan fingerprint density at radius 2 is 1.78 bits per heavy atom. The van der Waals surface area contributed by atoms with E-state index >= 15 is 0 Å². The first kappa shape index (κ1) is 25.0. The normalized spacial score (nSPS) is 19.4. The number of carbonyl (C=O) groups excluding carboxylic acids is 3. The number of likely N-dealkylation sites (N-methyl/N-ethyl adjacent to an activating group) is 1. The van der Waals surface area contributed by atoms with Gasteiger partial charge in [0, 0.05) is 42.5 Å². The minimum absolute atomic E-state index is 0.0306. The number of halogens is 2. The highest BCUT2D eigenvalue weighted by atomic mass is 35.5. The van der Waals surface area contributed by atoms with Crippen molar-refractivity contribution in [3.63, 3.8) is 0 Å². The lowest BCUT2D eigenvalue weighted by molar-refractivity contribution is -0.139. The summed E-state index contributed by atoms with van der Waals surface area (Å²) in [6, 6.07) is 18.1. The van der Waals surface area contributed by atoms with E-state index in [1.807, 2.05) is 36.2 Å². The zero-order valence-corrected chi connectivity index (χ0v) is 21.2. The molecule has 2 aliphatic heterocycles. The van der Waals surface area contributed by atoms with Crippen LogP contribution in [0.5, 0.6) is 0 Å². The van der Waals surface area contributed by atoms with Gasteiger partial charge in [0.1, 0.15) is 5.82 Å². The molecule has 37 heavy (non-hydrogen) atoms. The van der Waals surface area contributed by atoms with Crippen molar-refractivity contribution in [2.24, 2.45) is 0 Å².